The van der Waals surface area contributed by atoms with Crippen LogP contribution in [-0.2, 0) is 12.1 Å². The highest BCUT2D eigenvalue weighted by Gasteiger charge is 2.37. The minimum atomic E-state index is -0.811. The Balaban J connectivity index is 1.47. The number of benzene rings is 4. The van der Waals surface area contributed by atoms with Crippen LogP contribution in [0.4, 0.5) is 0 Å². The van der Waals surface area contributed by atoms with Crippen LogP contribution in [0, 0.1) is 0 Å². The Morgan fingerprint density at radius 1 is 0.811 bits per heavy atom. The van der Waals surface area contributed by atoms with E-state index in [1.54, 1.807) is 14.2 Å². The van der Waals surface area contributed by atoms with Gasteiger partial charge >= 0.3 is 0 Å². The average Bonchev–Trinajstić information content (AvgIpc) is 2.96. The lowest BCUT2D eigenvalue weighted by molar-refractivity contribution is 0.0780. The molecule has 6 heteroatoms. The van der Waals surface area contributed by atoms with Crippen molar-refractivity contribution in [2.24, 2.45) is 0 Å². The van der Waals surface area contributed by atoms with Gasteiger partial charge in [-0.1, -0.05) is 30.3 Å². The number of ether oxygens (including phenoxy) is 4. The molecule has 0 spiro atoms. The lowest BCUT2D eigenvalue weighted by Gasteiger charge is -2.37. The molecule has 0 bridgehead atoms. The van der Waals surface area contributed by atoms with Crippen molar-refractivity contribution in [2.45, 2.75) is 12.1 Å². The third-order valence-corrected chi connectivity index (χ3v) is 7.27. The predicted octanol–water partition coefficient (Wildman–Crippen LogP) is 5.35. The molecule has 188 valence electrons. The molecule has 37 heavy (non-hydrogen) atoms. The van der Waals surface area contributed by atoms with Crippen LogP contribution in [0.15, 0.2) is 78.9 Å². The molecule has 0 atom stereocenters. The summed E-state index contributed by atoms with van der Waals surface area (Å²) >= 11 is 0. The van der Waals surface area contributed by atoms with E-state index >= 15 is 0 Å². The maximum absolute atomic E-state index is 9.40. The van der Waals surface area contributed by atoms with E-state index in [0.717, 1.165) is 62.6 Å². The van der Waals surface area contributed by atoms with Crippen LogP contribution in [0.1, 0.15) is 22.3 Å². The second-order valence-electron chi connectivity index (χ2n) is 9.29. The topological polar surface area (TPSA) is 60.4 Å². The first kappa shape index (κ1) is 23.4. The van der Waals surface area contributed by atoms with Crippen molar-refractivity contribution >= 4 is 16.8 Å². The molecule has 6 rings (SSSR count). The van der Waals surface area contributed by atoms with Crippen LogP contribution < -0.4 is 18.9 Å². The Kier molecular flexibility index (Phi) is 5.99. The number of β-amino-alcohol motifs (C(OH)–C–C–N with tert-alkyl or cyclic N) is 1. The molecule has 0 aromatic heterocycles. The molecule has 1 N–H and O–H groups in total. The van der Waals surface area contributed by atoms with Crippen LogP contribution in [0.5, 0.6) is 23.0 Å². The van der Waals surface area contributed by atoms with E-state index in [9.17, 15) is 5.11 Å². The number of fused-ring (bicyclic) bond motifs is 5. The summed E-state index contributed by atoms with van der Waals surface area (Å²) in [6.07, 6.45) is 4.30. The summed E-state index contributed by atoms with van der Waals surface area (Å²) in [7, 11) is 3.33. The van der Waals surface area contributed by atoms with Crippen molar-refractivity contribution in [3.8, 4) is 23.0 Å². The van der Waals surface area contributed by atoms with Gasteiger partial charge in [-0.3, -0.25) is 4.90 Å². The Labute approximate surface area is 216 Å². The fourth-order valence-electron chi connectivity index (χ4n) is 5.29. The molecule has 6 nitrogen and oxygen atoms in total. The minimum absolute atomic E-state index is 0.105. The third-order valence-electron chi connectivity index (χ3n) is 7.27. The van der Waals surface area contributed by atoms with Crippen LogP contribution in [-0.4, -0.2) is 44.1 Å². The molecule has 0 amide bonds. The largest absolute Gasteiger partial charge is 0.497 e. The van der Waals surface area contributed by atoms with Crippen LogP contribution >= 0.6 is 0 Å². The van der Waals surface area contributed by atoms with Gasteiger partial charge in [-0.05, 0) is 65.4 Å². The molecule has 2 heterocycles. The molecule has 2 aliphatic heterocycles. The molecule has 0 aliphatic carbocycles. The van der Waals surface area contributed by atoms with Gasteiger partial charge in [-0.15, -0.1) is 0 Å². The van der Waals surface area contributed by atoms with E-state index in [1.807, 2.05) is 60.7 Å². The summed E-state index contributed by atoms with van der Waals surface area (Å²) in [6, 6.07) is 24.3. The van der Waals surface area contributed by atoms with Gasteiger partial charge in [0.2, 0.25) is 0 Å². The minimum Gasteiger partial charge on any atom is -0.497 e. The quantitative estimate of drug-likeness (QED) is 0.389. The normalized spacial score (nSPS) is 15.9. The number of aliphatic hydroxyl groups is 1. The summed E-state index contributed by atoms with van der Waals surface area (Å²) in [5.74, 6) is 3.29. The second-order valence-corrected chi connectivity index (χ2v) is 9.29. The van der Waals surface area contributed by atoms with Gasteiger partial charge < -0.3 is 24.1 Å². The first-order valence-corrected chi connectivity index (χ1v) is 12.4. The van der Waals surface area contributed by atoms with E-state index in [2.05, 4.69) is 29.2 Å². The number of aliphatic hydroxyl groups excluding tert-OH is 1. The molecule has 2 aliphatic rings. The highest BCUT2D eigenvalue weighted by molar-refractivity contribution is 5.97. The highest BCUT2D eigenvalue weighted by Crippen LogP contribution is 2.46. The summed E-state index contributed by atoms with van der Waals surface area (Å²) < 4.78 is 23.7. The van der Waals surface area contributed by atoms with Crippen LogP contribution in [0.2, 0.25) is 0 Å². The Hall–Kier alpha value is -4.00. The highest BCUT2D eigenvalue weighted by atomic mass is 16.5. The lowest BCUT2D eigenvalue weighted by atomic mass is 9.83. The van der Waals surface area contributed by atoms with Crippen molar-refractivity contribution < 1.29 is 24.1 Å². The van der Waals surface area contributed by atoms with E-state index in [-0.39, 0.29) is 6.61 Å². The zero-order valence-electron chi connectivity index (χ0n) is 20.9. The predicted molar refractivity (Wildman–Crippen MR) is 143 cm³/mol. The zero-order chi connectivity index (χ0) is 25.4. The smallest absolute Gasteiger partial charge is 0.178 e. The summed E-state index contributed by atoms with van der Waals surface area (Å²) in [5.41, 5.74) is 3.36. The Bertz CT molecular complexity index is 1410. The number of methoxy groups -OCH3 is 2. The SMILES string of the molecule is COc1ccc(C2(c3ccc(OC)cc3)C=Cc3c(ccc4c5c(ccc34)OCN(CCO)C5)O2)cc1. The van der Waals surface area contributed by atoms with Crippen molar-refractivity contribution in [1.29, 1.82) is 0 Å². The molecular weight excluding hydrogens is 466 g/mol. The van der Waals surface area contributed by atoms with Crippen molar-refractivity contribution in [1.82, 2.24) is 4.90 Å². The van der Waals surface area contributed by atoms with Crippen LogP contribution in [0.25, 0.3) is 16.8 Å². The van der Waals surface area contributed by atoms with Gasteiger partial charge in [0, 0.05) is 35.3 Å². The second kappa shape index (κ2) is 9.47. The fourth-order valence-corrected chi connectivity index (χ4v) is 5.29. The average molecular weight is 496 g/mol. The fraction of sp³-hybridized carbons (Fsp3) is 0.226. The summed E-state index contributed by atoms with van der Waals surface area (Å²) in [6.45, 7) is 1.90. The number of hydrogen-bond donors (Lipinski definition) is 1. The third kappa shape index (κ3) is 3.99. The first-order chi connectivity index (χ1) is 18.1. The van der Waals surface area contributed by atoms with Crippen molar-refractivity contribution in [3.05, 3.63) is 101 Å². The molecule has 0 saturated carbocycles. The first-order valence-electron chi connectivity index (χ1n) is 12.4. The van der Waals surface area contributed by atoms with E-state index in [1.165, 1.54) is 0 Å². The van der Waals surface area contributed by atoms with Gasteiger partial charge in [0.25, 0.3) is 0 Å². The molecule has 4 aromatic carbocycles. The Morgan fingerprint density at radius 3 is 2.05 bits per heavy atom. The van der Waals surface area contributed by atoms with E-state index in [4.69, 9.17) is 18.9 Å². The van der Waals surface area contributed by atoms with Gasteiger partial charge in [0.1, 0.15) is 29.7 Å². The Morgan fingerprint density at radius 2 is 1.43 bits per heavy atom. The lowest BCUT2D eigenvalue weighted by Crippen LogP contribution is -2.34. The molecule has 0 saturated heterocycles. The summed E-state index contributed by atoms with van der Waals surface area (Å²) in [5, 5.41) is 11.6. The van der Waals surface area contributed by atoms with Gasteiger partial charge in [0.15, 0.2) is 5.60 Å². The maximum Gasteiger partial charge on any atom is 0.178 e. The van der Waals surface area contributed by atoms with Crippen molar-refractivity contribution in [2.75, 3.05) is 34.1 Å². The van der Waals surface area contributed by atoms with Gasteiger partial charge in [-0.2, -0.15) is 0 Å². The molecule has 4 aromatic rings. The molecule has 0 fully saturated rings. The molecule has 0 unspecified atom stereocenters. The standard InChI is InChI=1S/C31H29NO5/c1-34-23-7-3-21(4-8-23)31(22-5-9-24(35-2)10-6-22)16-15-27-25-11-13-29-28(19-32(17-18-33)20-36-29)26(25)12-14-30(27)37-31/h3-16,33H,17-20H2,1-2H3. The molecular formula is C31H29NO5. The molecule has 0 radical (unpaired) electrons. The maximum atomic E-state index is 9.40. The number of hydrogen-bond acceptors (Lipinski definition) is 6. The monoisotopic (exact) mass is 495 g/mol. The zero-order valence-corrected chi connectivity index (χ0v) is 20.9. The number of rotatable bonds is 6. The van der Waals surface area contributed by atoms with Gasteiger partial charge in [0.05, 0.1) is 20.8 Å². The van der Waals surface area contributed by atoms with Gasteiger partial charge in [-0.25, -0.2) is 0 Å². The van der Waals surface area contributed by atoms with E-state index in [0.29, 0.717) is 13.3 Å². The van der Waals surface area contributed by atoms with Crippen molar-refractivity contribution in [3.63, 3.8) is 0 Å². The number of nitrogens with zero attached hydrogens (tertiary/aromatic N) is 1. The van der Waals surface area contributed by atoms with E-state index < -0.39 is 5.60 Å². The summed E-state index contributed by atoms with van der Waals surface area (Å²) in [4.78, 5) is 2.10. The van der Waals surface area contributed by atoms with Crippen LogP contribution in [0.3, 0.4) is 0 Å².